The molecule has 0 fully saturated rings. The second-order valence-electron chi connectivity index (χ2n) is 3.58. The fourth-order valence-electron chi connectivity index (χ4n) is 1.41. The van der Waals surface area contributed by atoms with Crippen LogP contribution in [-0.2, 0) is 6.54 Å². The molecule has 18 heavy (non-hydrogen) atoms. The van der Waals surface area contributed by atoms with Gasteiger partial charge in [-0.25, -0.2) is 0 Å². The van der Waals surface area contributed by atoms with Crippen molar-refractivity contribution in [1.82, 2.24) is 15.0 Å². The van der Waals surface area contributed by atoms with Crippen molar-refractivity contribution >= 4 is 17.8 Å². The highest BCUT2D eigenvalue weighted by Gasteiger charge is 2.01. The molecule has 7 nitrogen and oxygen atoms in total. The summed E-state index contributed by atoms with van der Waals surface area (Å²) in [5.41, 5.74) is 12.0. The van der Waals surface area contributed by atoms with Crippen molar-refractivity contribution in [2.24, 2.45) is 0 Å². The van der Waals surface area contributed by atoms with Crippen molar-refractivity contribution in [3.05, 3.63) is 29.8 Å². The van der Waals surface area contributed by atoms with Crippen LogP contribution in [0.4, 0.5) is 17.8 Å². The van der Waals surface area contributed by atoms with Crippen molar-refractivity contribution in [2.75, 3.05) is 23.9 Å². The van der Waals surface area contributed by atoms with Crippen LogP contribution in [0.15, 0.2) is 24.3 Å². The molecule has 0 bridgehead atoms. The highest BCUT2D eigenvalue weighted by atomic mass is 16.5. The van der Waals surface area contributed by atoms with Gasteiger partial charge in [0.1, 0.15) is 5.75 Å². The van der Waals surface area contributed by atoms with Gasteiger partial charge in [0, 0.05) is 6.54 Å². The molecule has 0 amide bonds. The number of nitrogens with zero attached hydrogens (tertiary/aromatic N) is 3. The van der Waals surface area contributed by atoms with Crippen LogP contribution >= 0.6 is 0 Å². The average molecular weight is 246 g/mol. The van der Waals surface area contributed by atoms with E-state index in [4.69, 9.17) is 16.2 Å². The van der Waals surface area contributed by atoms with Crippen LogP contribution in [0.1, 0.15) is 5.56 Å². The first-order chi connectivity index (χ1) is 8.67. The first-order valence-electron chi connectivity index (χ1n) is 5.31. The van der Waals surface area contributed by atoms with Gasteiger partial charge in [-0.3, -0.25) is 0 Å². The van der Waals surface area contributed by atoms with Crippen molar-refractivity contribution in [2.45, 2.75) is 6.54 Å². The van der Waals surface area contributed by atoms with Crippen LogP contribution < -0.4 is 21.5 Å². The van der Waals surface area contributed by atoms with Gasteiger partial charge in [0.25, 0.3) is 0 Å². The van der Waals surface area contributed by atoms with E-state index in [0.717, 1.165) is 11.3 Å². The first-order valence-corrected chi connectivity index (χ1v) is 5.31. The van der Waals surface area contributed by atoms with E-state index in [1.165, 1.54) is 0 Å². The Morgan fingerprint density at radius 2 is 1.67 bits per heavy atom. The van der Waals surface area contributed by atoms with Crippen molar-refractivity contribution < 1.29 is 4.74 Å². The Kier molecular flexibility index (Phi) is 3.42. The first kappa shape index (κ1) is 11.9. The fraction of sp³-hybridized carbons (Fsp3) is 0.182. The predicted octanol–water partition coefficient (Wildman–Crippen LogP) is 0.657. The Morgan fingerprint density at radius 3 is 2.22 bits per heavy atom. The number of nitrogen functional groups attached to an aromatic ring is 2. The van der Waals surface area contributed by atoms with E-state index in [9.17, 15) is 0 Å². The molecule has 94 valence electrons. The molecule has 0 atom stereocenters. The number of aromatic nitrogens is 3. The number of methoxy groups -OCH3 is 1. The molecule has 0 spiro atoms. The second kappa shape index (κ2) is 5.17. The highest BCUT2D eigenvalue weighted by molar-refractivity contribution is 5.38. The zero-order valence-corrected chi connectivity index (χ0v) is 9.92. The number of rotatable bonds is 4. The van der Waals surface area contributed by atoms with E-state index in [2.05, 4.69) is 20.3 Å². The number of hydrogen-bond donors (Lipinski definition) is 3. The summed E-state index contributed by atoms with van der Waals surface area (Å²) < 4.78 is 5.08. The highest BCUT2D eigenvalue weighted by Crippen LogP contribution is 2.12. The van der Waals surface area contributed by atoms with Gasteiger partial charge in [0.2, 0.25) is 17.8 Å². The quantitative estimate of drug-likeness (QED) is 0.726. The molecule has 2 aromatic rings. The Balaban J connectivity index is 2.01. The van der Waals surface area contributed by atoms with Gasteiger partial charge in [0.05, 0.1) is 7.11 Å². The Morgan fingerprint density at radius 1 is 1.06 bits per heavy atom. The molecule has 0 aliphatic heterocycles. The molecule has 0 aliphatic rings. The molecule has 1 heterocycles. The van der Waals surface area contributed by atoms with E-state index in [0.29, 0.717) is 12.5 Å². The van der Waals surface area contributed by atoms with E-state index in [1.54, 1.807) is 7.11 Å². The van der Waals surface area contributed by atoms with Crippen molar-refractivity contribution in [1.29, 1.82) is 0 Å². The molecule has 0 saturated heterocycles. The van der Waals surface area contributed by atoms with Gasteiger partial charge in [0.15, 0.2) is 0 Å². The fourth-order valence-corrected chi connectivity index (χ4v) is 1.41. The molecule has 1 aromatic carbocycles. The number of hydrogen-bond acceptors (Lipinski definition) is 7. The summed E-state index contributed by atoms with van der Waals surface area (Å²) in [5, 5.41) is 3.02. The smallest absolute Gasteiger partial charge is 0.229 e. The van der Waals surface area contributed by atoms with Crippen LogP contribution in [0.25, 0.3) is 0 Å². The van der Waals surface area contributed by atoms with E-state index in [1.807, 2.05) is 24.3 Å². The zero-order valence-electron chi connectivity index (χ0n) is 9.92. The zero-order chi connectivity index (χ0) is 13.0. The maximum atomic E-state index is 5.47. The number of anilines is 3. The second-order valence-corrected chi connectivity index (χ2v) is 3.58. The number of ether oxygens (including phenoxy) is 1. The average Bonchev–Trinajstić information content (AvgIpc) is 2.36. The normalized spacial score (nSPS) is 10.1. The monoisotopic (exact) mass is 246 g/mol. The number of nitrogens with one attached hydrogen (secondary N) is 1. The van der Waals surface area contributed by atoms with Gasteiger partial charge >= 0.3 is 0 Å². The summed E-state index contributed by atoms with van der Waals surface area (Å²) in [6.07, 6.45) is 0. The van der Waals surface area contributed by atoms with Crippen LogP contribution in [0.5, 0.6) is 5.75 Å². The predicted molar refractivity (Wildman–Crippen MR) is 69.0 cm³/mol. The lowest BCUT2D eigenvalue weighted by molar-refractivity contribution is 0.414. The Labute approximate surface area is 104 Å². The standard InChI is InChI=1S/C11H14N6O/c1-18-8-4-2-7(3-5-8)6-14-11-16-9(12)15-10(13)17-11/h2-5H,6H2,1H3,(H5,12,13,14,15,16,17). The van der Waals surface area contributed by atoms with Crippen LogP contribution in [0.3, 0.4) is 0 Å². The van der Waals surface area contributed by atoms with Gasteiger partial charge in [-0.05, 0) is 17.7 Å². The Hall–Kier alpha value is -2.57. The lowest BCUT2D eigenvalue weighted by atomic mass is 10.2. The minimum Gasteiger partial charge on any atom is -0.497 e. The van der Waals surface area contributed by atoms with Gasteiger partial charge in [-0.1, -0.05) is 12.1 Å². The number of nitrogens with two attached hydrogens (primary N) is 2. The molecule has 0 saturated carbocycles. The SMILES string of the molecule is COc1ccc(CNc2nc(N)nc(N)n2)cc1. The third-order valence-corrected chi connectivity index (χ3v) is 2.28. The lowest BCUT2D eigenvalue weighted by Gasteiger charge is -2.06. The van der Waals surface area contributed by atoms with Gasteiger partial charge in [-0.2, -0.15) is 15.0 Å². The van der Waals surface area contributed by atoms with Gasteiger partial charge in [-0.15, -0.1) is 0 Å². The summed E-state index contributed by atoms with van der Waals surface area (Å²) in [6.45, 7) is 0.562. The molecule has 5 N–H and O–H groups in total. The van der Waals surface area contributed by atoms with Crippen LogP contribution in [-0.4, -0.2) is 22.1 Å². The molecule has 0 aliphatic carbocycles. The van der Waals surface area contributed by atoms with Crippen LogP contribution in [0, 0.1) is 0 Å². The molecule has 1 aromatic heterocycles. The molecule has 0 unspecified atom stereocenters. The summed E-state index contributed by atoms with van der Waals surface area (Å²) in [6, 6.07) is 7.65. The largest absolute Gasteiger partial charge is 0.497 e. The van der Waals surface area contributed by atoms with Crippen molar-refractivity contribution in [3.8, 4) is 5.75 Å². The maximum Gasteiger partial charge on any atom is 0.229 e. The summed E-state index contributed by atoms with van der Waals surface area (Å²) >= 11 is 0. The third kappa shape index (κ3) is 2.97. The molecule has 0 radical (unpaired) electrons. The van der Waals surface area contributed by atoms with E-state index >= 15 is 0 Å². The molecular formula is C11H14N6O. The minimum atomic E-state index is 0.0970. The lowest BCUT2D eigenvalue weighted by Crippen LogP contribution is -2.09. The maximum absolute atomic E-state index is 5.47. The minimum absolute atomic E-state index is 0.0970. The summed E-state index contributed by atoms with van der Waals surface area (Å²) in [7, 11) is 1.63. The van der Waals surface area contributed by atoms with E-state index in [-0.39, 0.29) is 11.9 Å². The summed E-state index contributed by atoms with van der Waals surface area (Å²) in [4.78, 5) is 11.5. The summed E-state index contributed by atoms with van der Waals surface area (Å²) in [5.74, 6) is 1.36. The molecular weight excluding hydrogens is 232 g/mol. The van der Waals surface area contributed by atoms with Crippen LogP contribution in [0.2, 0.25) is 0 Å². The van der Waals surface area contributed by atoms with E-state index < -0.39 is 0 Å². The van der Waals surface area contributed by atoms with Crippen molar-refractivity contribution in [3.63, 3.8) is 0 Å². The van der Waals surface area contributed by atoms with Gasteiger partial charge < -0.3 is 21.5 Å². The molecule has 2 rings (SSSR count). The third-order valence-electron chi connectivity index (χ3n) is 2.28. The Bertz CT molecular complexity index is 507. The number of benzene rings is 1. The topological polar surface area (TPSA) is 112 Å². The molecule has 7 heteroatoms.